The van der Waals surface area contributed by atoms with E-state index in [2.05, 4.69) is 15.1 Å². The molecule has 5 aromatic rings. The number of aromatic amines is 1. The number of nitrogen functional groups attached to an aromatic ring is 1. The van der Waals surface area contributed by atoms with E-state index >= 15 is 0 Å². The number of thiophene rings is 1. The molecule has 7 heteroatoms. The number of hydrogen-bond acceptors (Lipinski definition) is 5. The predicted octanol–water partition coefficient (Wildman–Crippen LogP) is 4.08. The second-order valence-corrected chi connectivity index (χ2v) is 7.44. The van der Waals surface area contributed by atoms with E-state index in [-0.39, 0.29) is 5.78 Å². The second kappa shape index (κ2) is 5.78. The molecule has 27 heavy (non-hydrogen) atoms. The molecule has 0 saturated carbocycles. The molecule has 2 aromatic carbocycles. The minimum absolute atomic E-state index is 0.113. The molecule has 0 aliphatic carbocycles. The molecule has 3 aromatic heterocycles. The normalized spacial score (nSPS) is 11.4. The zero-order chi connectivity index (χ0) is 18.5. The zero-order valence-corrected chi connectivity index (χ0v) is 15.2. The Kier molecular flexibility index (Phi) is 3.38. The molecule has 0 spiro atoms. The quantitative estimate of drug-likeness (QED) is 0.466. The Morgan fingerprint density at radius 3 is 2.89 bits per heavy atom. The number of nitrogens with two attached hydrogens (primary N) is 1. The maximum atomic E-state index is 13.0. The van der Waals surface area contributed by atoms with Gasteiger partial charge in [-0.15, -0.1) is 11.3 Å². The van der Waals surface area contributed by atoms with Crippen molar-refractivity contribution in [3.05, 3.63) is 71.0 Å². The first kappa shape index (κ1) is 15.8. The van der Waals surface area contributed by atoms with Gasteiger partial charge in [0.2, 0.25) is 5.78 Å². The second-order valence-electron chi connectivity index (χ2n) is 6.36. The molecule has 0 aliphatic rings. The third kappa shape index (κ3) is 2.51. The Labute approximate surface area is 158 Å². The number of benzene rings is 2. The molecular formula is C20H15N5OS. The van der Waals surface area contributed by atoms with Crippen LogP contribution in [0.15, 0.2) is 54.7 Å². The Bertz CT molecular complexity index is 1290. The van der Waals surface area contributed by atoms with E-state index < -0.39 is 0 Å². The number of aryl methyl sites for hydroxylation is 1. The van der Waals surface area contributed by atoms with Crippen LogP contribution in [0.1, 0.15) is 21.1 Å². The number of rotatable bonds is 3. The molecule has 5 rings (SSSR count). The number of nitrogens with one attached hydrogen (secondary N) is 1. The summed E-state index contributed by atoms with van der Waals surface area (Å²) in [6.07, 6.45) is 1.53. The van der Waals surface area contributed by atoms with Gasteiger partial charge in [-0.25, -0.2) is 9.67 Å². The third-order valence-corrected chi connectivity index (χ3v) is 5.64. The van der Waals surface area contributed by atoms with Crippen LogP contribution in [-0.4, -0.2) is 25.5 Å². The first-order valence-electron chi connectivity index (χ1n) is 8.44. The van der Waals surface area contributed by atoms with Gasteiger partial charge in [0.25, 0.3) is 0 Å². The van der Waals surface area contributed by atoms with Gasteiger partial charge in [0, 0.05) is 4.70 Å². The number of hydrogen-bond donors (Lipinski definition) is 2. The summed E-state index contributed by atoms with van der Waals surface area (Å²) in [5, 5.41) is 5.39. The van der Waals surface area contributed by atoms with Crippen LogP contribution in [-0.2, 0) is 0 Å². The molecule has 0 unspecified atom stereocenters. The fourth-order valence-electron chi connectivity index (χ4n) is 3.22. The molecule has 3 N–H and O–H groups in total. The molecule has 0 bridgehead atoms. The predicted molar refractivity (Wildman–Crippen MR) is 108 cm³/mol. The Morgan fingerprint density at radius 2 is 2.04 bits per heavy atom. The fourth-order valence-corrected chi connectivity index (χ4v) is 4.24. The summed E-state index contributed by atoms with van der Waals surface area (Å²) in [5.41, 5.74) is 9.24. The fraction of sp³-hybridized carbons (Fsp3) is 0.0500. The van der Waals surface area contributed by atoms with Gasteiger partial charge in [0.05, 0.1) is 33.4 Å². The molecule has 132 valence electrons. The van der Waals surface area contributed by atoms with Crippen molar-refractivity contribution in [2.45, 2.75) is 6.92 Å². The average Bonchev–Trinajstić information content (AvgIpc) is 3.35. The summed E-state index contributed by atoms with van der Waals surface area (Å²) in [7, 11) is 0. The summed E-state index contributed by atoms with van der Waals surface area (Å²) < 4.78 is 2.66. The van der Waals surface area contributed by atoms with E-state index in [1.807, 2.05) is 55.5 Å². The van der Waals surface area contributed by atoms with Gasteiger partial charge in [-0.3, -0.25) is 4.79 Å². The molecular weight excluding hydrogens is 358 g/mol. The Hall–Kier alpha value is -3.45. The number of fused-ring (bicyclic) bond motifs is 2. The van der Waals surface area contributed by atoms with Gasteiger partial charge < -0.3 is 10.7 Å². The molecule has 0 atom stereocenters. The number of ketones is 1. The molecule has 6 nitrogen and oxygen atoms in total. The van der Waals surface area contributed by atoms with Gasteiger partial charge in [-0.1, -0.05) is 18.2 Å². The molecule has 0 saturated heterocycles. The number of carbonyl (C=O) groups is 1. The van der Waals surface area contributed by atoms with Crippen molar-refractivity contribution in [1.82, 2.24) is 19.7 Å². The van der Waals surface area contributed by atoms with E-state index in [1.165, 1.54) is 17.5 Å². The van der Waals surface area contributed by atoms with Gasteiger partial charge in [-0.2, -0.15) is 5.10 Å². The lowest BCUT2D eigenvalue weighted by molar-refractivity contribution is 0.104. The lowest BCUT2D eigenvalue weighted by atomic mass is 10.1. The topological polar surface area (TPSA) is 89.6 Å². The minimum Gasteiger partial charge on any atom is -0.383 e. The van der Waals surface area contributed by atoms with Crippen molar-refractivity contribution in [3.63, 3.8) is 0 Å². The van der Waals surface area contributed by atoms with Crippen molar-refractivity contribution in [3.8, 4) is 5.69 Å². The van der Waals surface area contributed by atoms with E-state index in [1.54, 1.807) is 4.68 Å². The maximum absolute atomic E-state index is 13.0. The highest BCUT2D eigenvalue weighted by Gasteiger charge is 2.20. The van der Waals surface area contributed by atoms with Gasteiger partial charge in [0.1, 0.15) is 11.6 Å². The van der Waals surface area contributed by atoms with Gasteiger partial charge >= 0.3 is 0 Å². The van der Waals surface area contributed by atoms with E-state index in [0.29, 0.717) is 16.3 Å². The maximum Gasteiger partial charge on any atom is 0.208 e. The summed E-state index contributed by atoms with van der Waals surface area (Å²) in [5.74, 6) is 1.06. The Morgan fingerprint density at radius 1 is 1.19 bits per heavy atom. The van der Waals surface area contributed by atoms with Crippen molar-refractivity contribution < 1.29 is 4.79 Å². The van der Waals surface area contributed by atoms with E-state index in [9.17, 15) is 4.79 Å². The number of aromatic nitrogens is 4. The number of imidazole rings is 1. The molecule has 0 radical (unpaired) electrons. The highest BCUT2D eigenvalue weighted by atomic mass is 32.1. The Balaban J connectivity index is 1.56. The van der Waals surface area contributed by atoms with Gasteiger partial charge in [0.15, 0.2) is 0 Å². The highest BCUT2D eigenvalue weighted by molar-refractivity contribution is 7.21. The van der Waals surface area contributed by atoms with E-state index in [4.69, 9.17) is 5.73 Å². The summed E-state index contributed by atoms with van der Waals surface area (Å²) in [4.78, 5) is 21.2. The summed E-state index contributed by atoms with van der Waals surface area (Å²) >= 11 is 1.46. The van der Waals surface area contributed by atoms with Crippen molar-refractivity contribution in [2.75, 3.05) is 5.73 Å². The van der Waals surface area contributed by atoms with Crippen LogP contribution >= 0.6 is 11.3 Å². The van der Waals surface area contributed by atoms with Crippen LogP contribution in [0.2, 0.25) is 0 Å². The van der Waals surface area contributed by atoms with Crippen molar-refractivity contribution in [1.29, 1.82) is 0 Å². The first-order chi connectivity index (χ1) is 13.1. The standard InChI is InChI=1S/C20H15N5OS/c1-11-23-15-7-6-13(9-16(15)24-11)25-20(21)14(10-22-25)19(26)18-8-12-4-2-3-5-17(12)27-18/h2-10H,21H2,1H3,(H,23,24). The highest BCUT2D eigenvalue weighted by Crippen LogP contribution is 2.29. The average molecular weight is 373 g/mol. The monoisotopic (exact) mass is 373 g/mol. The molecule has 0 aliphatic heterocycles. The van der Waals surface area contributed by atoms with Crippen LogP contribution in [0.4, 0.5) is 5.82 Å². The van der Waals surface area contributed by atoms with Crippen molar-refractivity contribution >= 4 is 44.1 Å². The number of carbonyl (C=O) groups excluding carboxylic acids is 1. The molecule has 0 fully saturated rings. The van der Waals surface area contributed by atoms with Crippen LogP contribution in [0, 0.1) is 6.92 Å². The largest absolute Gasteiger partial charge is 0.383 e. The number of anilines is 1. The first-order valence-corrected chi connectivity index (χ1v) is 9.25. The van der Waals surface area contributed by atoms with E-state index in [0.717, 1.165) is 32.6 Å². The number of H-pyrrole nitrogens is 1. The van der Waals surface area contributed by atoms with Gasteiger partial charge in [-0.05, 0) is 42.6 Å². The lowest BCUT2D eigenvalue weighted by Crippen LogP contribution is -2.06. The van der Waals surface area contributed by atoms with Crippen LogP contribution in [0.3, 0.4) is 0 Å². The number of nitrogens with zero attached hydrogens (tertiary/aromatic N) is 3. The third-order valence-electron chi connectivity index (χ3n) is 4.53. The van der Waals surface area contributed by atoms with Crippen LogP contribution in [0.25, 0.3) is 26.8 Å². The van der Waals surface area contributed by atoms with Crippen LogP contribution < -0.4 is 5.73 Å². The molecule has 0 amide bonds. The summed E-state index contributed by atoms with van der Waals surface area (Å²) in [6.45, 7) is 1.91. The van der Waals surface area contributed by atoms with Crippen LogP contribution in [0.5, 0.6) is 0 Å². The smallest absolute Gasteiger partial charge is 0.208 e. The minimum atomic E-state index is -0.113. The zero-order valence-electron chi connectivity index (χ0n) is 14.4. The van der Waals surface area contributed by atoms with Crippen molar-refractivity contribution in [2.24, 2.45) is 0 Å². The lowest BCUT2D eigenvalue weighted by Gasteiger charge is -2.04. The summed E-state index contributed by atoms with van der Waals surface area (Å²) in [6, 6.07) is 15.5. The SMILES string of the molecule is Cc1nc2ccc(-n3ncc(C(=O)c4cc5ccccc5s4)c3N)cc2[nH]1. The molecule has 3 heterocycles.